The SMILES string of the molecule is C[C@@H](O)[C@@H](C)Oc1nc(Cc2ccc([S@](=N)(=O)C3CC3)cc2)ncc1C(F)(F)F. The zero-order valence-corrected chi connectivity index (χ0v) is 16.8. The summed E-state index contributed by atoms with van der Waals surface area (Å²) in [6.07, 6.45) is -4.16. The fourth-order valence-electron chi connectivity index (χ4n) is 2.63. The molecule has 3 atom stereocenters. The number of halogens is 3. The van der Waals surface area contributed by atoms with Gasteiger partial charge in [0, 0.05) is 22.8 Å². The minimum Gasteiger partial charge on any atom is -0.471 e. The van der Waals surface area contributed by atoms with Crippen molar-refractivity contribution in [2.45, 2.75) is 61.6 Å². The first-order valence-electron chi connectivity index (χ1n) is 9.13. The van der Waals surface area contributed by atoms with Gasteiger partial charge in [0.2, 0.25) is 5.88 Å². The summed E-state index contributed by atoms with van der Waals surface area (Å²) in [6.45, 7) is 2.86. The summed E-state index contributed by atoms with van der Waals surface area (Å²) in [7, 11) is -2.81. The largest absolute Gasteiger partial charge is 0.471 e. The number of aliphatic hydroxyl groups is 1. The number of nitrogens with one attached hydrogen (secondary N) is 1. The maximum absolute atomic E-state index is 13.2. The van der Waals surface area contributed by atoms with E-state index in [1.165, 1.54) is 13.8 Å². The Balaban J connectivity index is 1.83. The van der Waals surface area contributed by atoms with Crippen LogP contribution in [0.5, 0.6) is 5.88 Å². The first-order chi connectivity index (χ1) is 13.5. The lowest BCUT2D eigenvalue weighted by Crippen LogP contribution is -2.27. The van der Waals surface area contributed by atoms with Gasteiger partial charge in [0.05, 0.1) is 15.8 Å². The van der Waals surface area contributed by atoms with Crippen molar-refractivity contribution >= 4 is 9.73 Å². The Morgan fingerprint density at radius 2 is 1.90 bits per heavy atom. The fourth-order valence-corrected chi connectivity index (χ4v) is 4.35. The van der Waals surface area contributed by atoms with E-state index in [1.807, 2.05) is 0 Å². The lowest BCUT2D eigenvalue weighted by molar-refractivity contribution is -0.140. The molecule has 1 heterocycles. The lowest BCUT2D eigenvalue weighted by atomic mass is 10.1. The van der Waals surface area contributed by atoms with Gasteiger partial charge in [0.25, 0.3) is 0 Å². The second kappa shape index (κ2) is 7.91. The number of aliphatic hydroxyl groups excluding tert-OH is 1. The molecule has 158 valence electrons. The molecule has 0 spiro atoms. The van der Waals surface area contributed by atoms with Gasteiger partial charge in [-0.05, 0) is 44.4 Å². The predicted molar refractivity (Wildman–Crippen MR) is 100 cm³/mol. The molecule has 3 rings (SSSR count). The van der Waals surface area contributed by atoms with Crippen LogP contribution in [-0.2, 0) is 22.3 Å². The van der Waals surface area contributed by atoms with Crippen molar-refractivity contribution in [2.75, 3.05) is 0 Å². The van der Waals surface area contributed by atoms with E-state index >= 15 is 0 Å². The van der Waals surface area contributed by atoms with Gasteiger partial charge in [-0.25, -0.2) is 14.0 Å². The minimum absolute atomic E-state index is 0.0952. The highest BCUT2D eigenvalue weighted by molar-refractivity contribution is 7.93. The molecule has 1 aromatic heterocycles. The van der Waals surface area contributed by atoms with Gasteiger partial charge in [-0.2, -0.15) is 18.2 Å². The number of ether oxygens (including phenoxy) is 1. The number of hydrogen-bond donors (Lipinski definition) is 2. The van der Waals surface area contributed by atoms with Gasteiger partial charge in [0.15, 0.2) is 0 Å². The number of aromatic nitrogens is 2. The van der Waals surface area contributed by atoms with Crippen LogP contribution in [0.25, 0.3) is 0 Å². The van der Waals surface area contributed by atoms with Crippen LogP contribution in [0.2, 0.25) is 0 Å². The molecule has 0 amide bonds. The summed E-state index contributed by atoms with van der Waals surface area (Å²) in [5.74, 6) is -0.511. The van der Waals surface area contributed by atoms with Crippen molar-refractivity contribution in [1.82, 2.24) is 9.97 Å². The smallest absolute Gasteiger partial charge is 0.423 e. The van der Waals surface area contributed by atoms with E-state index in [0.717, 1.165) is 12.8 Å². The molecule has 6 nitrogen and oxygen atoms in total. The number of benzene rings is 1. The van der Waals surface area contributed by atoms with Gasteiger partial charge in [-0.15, -0.1) is 0 Å². The van der Waals surface area contributed by atoms with E-state index in [1.54, 1.807) is 24.3 Å². The molecule has 1 aliphatic carbocycles. The Labute approximate surface area is 167 Å². The van der Waals surface area contributed by atoms with Crippen LogP contribution < -0.4 is 4.74 Å². The van der Waals surface area contributed by atoms with Gasteiger partial charge in [0.1, 0.15) is 17.5 Å². The van der Waals surface area contributed by atoms with Crippen molar-refractivity contribution in [2.24, 2.45) is 0 Å². The highest BCUT2D eigenvalue weighted by Gasteiger charge is 2.37. The normalized spacial score (nSPS) is 18.7. The van der Waals surface area contributed by atoms with Gasteiger partial charge >= 0.3 is 6.18 Å². The summed E-state index contributed by atoms with van der Waals surface area (Å²) in [6, 6.07) is 6.57. The number of alkyl halides is 3. The second-order valence-corrected chi connectivity index (χ2v) is 9.53. The third-order valence-corrected chi connectivity index (χ3v) is 7.10. The Morgan fingerprint density at radius 3 is 2.41 bits per heavy atom. The van der Waals surface area contributed by atoms with Gasteiger partial charge < -0.3 is 9.84 Å². The van der Waals surface area contributed by atoms with Crippen molar-refractivity contribution in [3.63, 3.8) is 0 Å². The molecule has 1 saturated carbocycles. The average Bonchev–Trinajstić information content (AvgIpc) is 3.47. The molecule has 29 heavy (non-hydrogen) atoms. The second-order valence-electron chi connectivity index (χ2n) is 7.19. The monoisotopic (exact) mass is 429 g/mol. The zero-order valence-electron chi connectivity index (χ0n) is 15.9. The van der Waals surface area contributed by atoms with Crippen LogP contribution in [0, 0.1) is 4.78 Å². The highest BCUT2D eigenvalue weighted by Crippen LogP contribution is 2.36. The van der Waals surface area contributed by atoms with Crippen LogP contribution in [0.4, 0.5) is 13.2 Å². The fraction of sp³-hybridized carbons (Fsp3) is 0.474. The van der Waals surface area contributed by atoms with Crippen LogP contribution >= 0.6 is 0 Å². The maximum Gasteiger partial charge on any atom is 0.423 e. The molecule has 0 radical (unpaired) electrons. The average molecular weight is 429 g/mol. The Hall–Kier alpha value is -2.20. The van der Waals surface area contributed by atoms with E-state index in [4.69, 9.17) is 9.52 Å². The van der Waals surface area contributed by atoms with Crippen molar-refractivity contribution < 1.29 is 27.2 Å². The quantitative estimate of drug-likeness (QED) is 0.698. The van der Waals surface area contributed by atoms with Crippen molar-refractivity contribution in [1.29, 1.82) is 4.78 Å². The van der Waals surface area contributed by atoms with E-state index in [2.05, 4.69) is 9.97 Å². The van der Waals surface area contributed by atoms with Crippen molar-refractivity contribution in [3.05, 3.63) is 47.4 Å². The number of rotatable bonds is 7. The third-order valence-electron chi connectivity index (χ3n) is 4.72. The van der Waals surface area contributed by atoms with Gasteiger partial charge in [-0.3, -0.25) is 0 Å². The van der Waals surface area contributed by atoms with E-state index in [0.29, 0.717) is 16.7 Å². The molecule has 1 aliphatic rings. The molecule has 10 heteroatoms. The van der Waals surface area contributed by atoms with E-state index in [9.17, 15) is 22.5 Å². The van der Waals surface area contributed by atoms with Crippen molar-refractivity contribution in [3.8, 4) is 5.88 Å². The number of hydrogen-bond acceptors (Lipinski definition) is 6. The summed E-state index contributed by atoms with van der Waals surface area (Å²) in [5, 5.41) is 9.43. The molecular weight excluding hydrogens is 407 g/mol. The third kappa shape index (κ3) is 5.05. The summed E-state index contributed by atoms with van der Waals surface area (Å²) >= 11 is 0. The first kappa shape index (κ1) is 21.5. The lowest BCUT2D eigenvalue weighted by Gasteiger charge is -2.19. The Bertz CT molecular complexity index is 972. The van der Waals surface area contributed by atoms with Crippen LogP contribution in [0.3, 0.4) is 0 Å². The zero-order chi connectivity index (χ0) is 21.4. The maximum atomic E-state index is 13.2. The highest BCUT2D eigenvalue weighted by atomic mass is 32.2. The molecule has 1 aromatic carbocycles. The first-order valence-corrected chi connectivity index (χ1v) is 10.7. The Kier molecular flexibility index (Phi) is 5.86. The molecule has 0 saturated heterocycles. The topological polar surface area (TPSA) is 96.2 Å². The molecular formula is C19H22F3N3O3S. The number of nitrogens with zero attached hydrogens (tertiary/aromatic N) is 2. The summed E-state index contributed by atoms with van der Waals surface area (Å²) in [4.78, 5) is 8.15. The molecule has 0 aliphatic heterocycles. The van der Waals surface area contributed by atoms with E-state index in [-0.39, 0.29) is 17.5 Å². The molecule has 0 unspecified atom stereocenters. The van der Waals surface area contributed by atoms with Crippen LogP contribution in [0.1, 0.15) is 43.6 Å². The molecule has 2 N–H and O–H groups in total. The molecule has 1 fully saturated rings. The standard InChI is InChI=1S/C19H22F3N3O3S/c1-11(26)12(2)28-18-16(19(20,21)22)10-24-17(25-18)9-13-3-5-14(6-4-13)29(23,27)15-7-8-15/h3-6,10-12,15,23,26H,7-9H2,1-2H3/t11-,12-,29+/m1/s1. The molecule has 0 bridgehead atoms. The predicted octanol–water partition coefficient (Wildman–Crippen LogP) is 3.80. The minimum atomic E-state index is -4.69. The van der Waals surface area contributed by atoms with Crippen LogP contribution in [0.15, 0.2) is 35.4 Å². The Morgan fingerprint density at radius 1 is 1.28 bits per heavy atom. The van der Waals surface area contributed by atoms with Gasteiger partial charge in [-0.1, -0.05) is 12.1 Å². The summed E-state index contributed by atoms with van der Waals surface area (Å²) < 4.78 is 65.4. The van der Waals surface area contributed by atoms with Crippen LogP contribution in [-0.4, -0.2) is 36.7 Å². The van der Waals surface area contributed by atoms with E-state index < -0.39 is 39.6 Å². The molecule has 2 aromatic rings. The summed E-state index contributed by atoms with van der Waals surface area (Å²) in [5.41, 5.74) is -0.406.